The Kier molecular flexibility index (Phi) is 5.38. The Bertz CT molecular complexity index is 999. The lowest BCUT2D eigenvalue weighted by Crippen LogP contribution is -2.50. The second-order valence-corrected chi connectivity index (χ2v) is 6.71. The van der Waals surface area contributed by atoms with Crippen LogP contribution in [-0.2, 0) is 11.3 Å². The maximum absolute atomic E-state index is 12.6. The van der Waals surface area contributed by atoms with Gasteiger partial charge in [-0.15, -0.1) is 0 Å². The number of hydrogen-bond acceptors (Lipinski definition) is 7. The van der Waals surface area contributed by atoms with Crippen LogP contribution in [0.1, 0.15) is 0 Å². The summed E-state index contributed by atoms with van der Waals surface area (Å²) in [4.78, 5) is 25.3. The van der Waals surface area contributed by atoms with Gasteiger partial charge in [-0.2, -0.15) is 28.2 Å². The van der Waals surface area contributed by atoms with E-state index in [2.05, 4.69) is 24.9 Å². The molecule has 4 rings (SSSR count). The number of halogens is 3. The number of carbonyl (C=O) groups excluding carboxylic acids is 1. The van der Waals surface area contributed by atoms with Gasteiger partial charge in [0.15, 0.2) is 6.61 Å². The first-order valence-electron chi connectivity index (χ1n) is 9.21. The summed E-state index contributed by atoms with van der Waals surface area (Å²) in [5, 5.41) is 8.58. The number of alkyl halides is 3. The van der Waals surface area contributed by atoms with Crippen molar-refractivity contribution in [1.29, 1.82) is 0 Å². The van der Waals surface area contributed by atoms with Crippen LogP contribution >= 0.6 is 0 Å². The third kappa shape index (κ3) is 4.75. The summed E-state index contributed by atoms with van der Waals surface area (Å²) in [5.74, 6) is 0.203. The smallest absolute Gasteiger partial charge is 0.422 e. The maximum atomic E-state index is 12.6. The molecule has 1 aromatic carbocycles. The fourth-order valence-electron chi connectivity index (χ4n) is 3.12. The highest BCUT2D eigenvalue weighted by Gasteiger charge is 2.29. The van der Waals surface area contributed by atoms with E-state index in [4.69, 9.17) is 0 Å². The highest BCUT2D eigenvalue weighted by molar-refractivity contribution is 5.77. The van der Waals surface area contributed by atoms with Crippen LogP contribution in [-0.4, -0.2) is 74.7 Å². The van der Waals surface area contributed by atoms with Crippen molar-refractivity contribution < 1.29 is 22.7 Å². The van der Waals surface area contributed by atoms with Gasteiger partial charge in [0.1, 0.15) is 29.7 Å². The molecule has 0 N–H and O–H groups in total. The first-order valence-corrected chi connectivity index (χ1v) is 9.21. The Balaban J connectivity index is 1.32. The van der Waals surface area contributed by atoms with Crippen molar-refractivity contribution in [2.45, 2.75) is 12.7 Å². The van der Waals surface area contributed by atoms with Crippen LogP contribution in [0.4, 0.5) is 19.0 Å². The average Bonchev–Trinajstić information content (AvgIpc) is 3.14. The summed E-state index contributed by atoms with van der Waals surface area (Å²) in [6, 6.07) is 8.74. The molecule has 0 atom stereocenters. The number of amides is 1. The molecule has 158 valence electrons. The lowest BCUT2D eigenvalue weighted by molar-refractivity contribution is -0.154. The number of anilines is 1. The number of piperazine rings is 1. The van der Waals surface area contributed by atoms with E-state index in [-0.39, 0.29) is 18.3 Å². The van der Waals surface area contributed by atoms with Crippen molar-refractivity contribution in [2.75, 3.05) is 37.7 Å². The van der Waals surface area contributed by atoms with Gasteiger partial charge < -0.3 is 14.5 Å². The van der Waals surface area contributed by atoms with Gasteiger partial charge in [0.2, 0.25) is 11.8 Å². The molecule has 1 aliphatic heterocycles. The van der Waals surface area contributed by atoms with E-state index >= 15 is 0 Å². The van der Waals surface area contributed by atoms with Gasteiger partial charge in [0, 0.05) is 32.2 Å². The second-order valence-electron chi connectivity index (χ2n) is 6.71. The molecule has 0 aliphatic carbocycles. The SMILES string of the molecule is O=C(Cn1nc2ccccc2n1)N1CCN(c2cc(OCC(F)(F)F)ncn2)CC1. The molecule has 0 radical (unpaired) electrons. The van der Waals surface area contributed by atoms with Crippen LogP contribution in [0.15, 0.2) is 36.7 Å². The minimum absolute atomic E-state index is 0.0393. The minimum atomic E-state index is -4.44. The highest BCUT2D eigenvalue weighted by atomic mass is 19.4. The summed E-state index contributed by atoms with van der Waals surface area (Å²) in [6.07, 6.45) is -3.28. The maximum Gasteiger partial charge on any atom is 0.422 e. The van der Waals surface area contributed by atoms with E-state index in [1.54, 1.807) is 4.90 Å². The predicted molar refractivity (Wildman–Crippen MR) is 99.9 cm³/mol. The van der Waals surface area contributed by atoms with Gasteiger partial charge in [-0.25, -0.2) is 9.97 Å². The lowest BCUT2D eigenvalue weighted by atomic mass is 10.3. The molecule has 12 heteroatoms. The summed E-state index contributed by atoms with van der Waals surface area (Å²) in [6.45, 7) is 0.483. The van der Waals surface area contributed by atoms with Crippen molar-refractivity contribution in [1.82, 2.24) is 29.9 Å². The predicted octanol–water partition coefficient (Wildman–Crippen LogP) is 1.51. The fourth-order valence-corrected chi connectivity index (χ4v) is 3.12. The molecule has 3 aromatic rings. The van der Waals surface area contributed by atoms with Crippen molar-refractivity contribution in [3.8, 4) is 5.88 Å². The van der Waals surface area contributed by atoms with Crippen molar-refractivity contribution >= 4 is 22.8 Å². The standard InChI is InChI=1S/C18H18F3N7O2/c19-18(20,21)11-30-16-9-15(22-12-23-16)26-5-7-27(8-6-26)17(29)10-28-24-13-3-1-2-4-14(13)25-28/h1-4,9,12H,5-8,10-11H2. The van der Waals surface area contributed by atoms with Crippen molar-refractivity contribution in [3.05, 3.63) is 36.7 Å². The van der Waals surface area contributed by atoms with Gasteiger partial charge in [-0.1, -0.05) is 12.1 Å². The van der Waals surface area contributed by atoms with E-state index in [1.807, 2.05) is 29.2 Å². The molecule has 0 unspecified atom stereocenters. The zero-order chi connectivity index (χ0) is 21.1. The normalized spacial score (nSPS) is 14.9. The number of fused-ring (bicyclic) bond motifs is 1. The molecule has 0 saturated carbocycles. The Morgan fingerprint density at radius 1 is 1.03 bits per heavy atom. The van der Waals surface area contributed by atoms with Crippen LogP contribution in [0.2, 0.25) is 0 Å². The van der Waals surface area contributed by atoms with E-state index in [1.165, 1.54) is 10.9 Å². The largest absolute Gasteiger partial charge is 0.468 e. The molecule has 1 fully saturated rings. The van der Waals surface area contributed by atoms with Crippen LogP contribution < -0.4 is 9.64 Å². The van der Waals surface area contributed by atoms with E-state index < -0.39 is 12.8 Å². The van der Waals surface area contributed by atoms with Crippen LogP contribution in [0.3, 0.4) is 0 Å². The molecule has 1 saturated heterocycles. The summed E-state index contributed by atoms with van der Waals surface area (Å²) < 4.78 is 41.6. The molecule has 1 amide bonds. The van der Waals surface area contributed by atoms with Gasteiger partial charge in [0.25, 0.3) is 0 Å². The number of nitrogens with zero attached hydrogens (tertiary/aromatic N) is 7. The van der Waals surface area contributed by atoms with Crippen LogP contribution in [0.25, 0.3) is 11.0 Å². The minimum Gasteiger partial charge on any atom is -0.468 e. The van der Waals surface area contributed by atoms with Gasteiger partial charge in [0.05, 0.1) is 0 Å². The summed E-state index contributed by atoms with van der Waals surface area (Å²) in [5.41, 5.74) is 1.45. The number of aromatic nitrogens is 5. The lowest BCUT2D eigenvalue weighted by Gasteiger charge is -2.35. The zero-order valence-corrected chi connectivity index (χ0v) is 15.8. The third-order valence-electron chi connectivity index (χ3n) is 4.57. The molecule has 9 nitrogen and oxygen atoms in total. The molecule has 2 aromatic heterocycles. The average molecular weight is 421 g/mol. The zero-order valence-electron chi connectivity index (χ0n) is 15.8. The number of rotatable bonds is 5. The Morgan fingerprint density at radius 3 is 2.33 bits per heavy atom. The van der Waals surface area contributed by atoms with Gasteiger partial charge >= 0.3 is 6.18 Å². The summed E-state index contributed by atoms with van der Waals surface area (Å²) >= 11 is 0. The Morgan fingerprint density at radius 2 is 1.70 bits per heavy atom. The quantitative estimate of drug-likeness (QED) is 0.617. The number of carbonyl (C=O) groups is 1. The van der Waals surface area contributed by atoms with Crippen LogP contribution in [0.5, 0.6) is 5.88 Å². The topological polar surface area (TPSA) is 89.3 Å². The first kappa shape index (κ1) is 19.9. The van der Waals surface area contributed by atoms with E-state index in [0.717, 1.165) is 17.4 Å². The summed E-state index contributed by atoms with van der Waals surface area (Å²) in [7, 11) is 0. The number of ether oxygens (including phenoxy) is 1. The molecule has 1 aliphatic rings. The Labute approximate surface area is 169 Å². The second kappa shape index (κ2) is 8.13. The van der Waals surface area contributed by atoms with Gasteiger partial charge in [-0.05, 0) is 12.1 Å². The highest BCUT2D eigenvalue weighted by Crippen LogP contribution is 2.21. The molecular formula is C18H18F3N7O2. The van der Waals surface area contributed by atoms with Crippen LogP contribution in [0, 0.1) is 0 Å². The Hall–Kier alpha value is -3.44. The van der Waals surface area contributed by atoms with E-state index in [9.17, 15) is 18.0 Å². The first-order chi connectivity index (χ1) is 14.4. The number of hydrogen-bond donors (Lipinski definition) is 0. The fraction of sp³-hybridized carbons (Fsp3) is 0.389. The molecule has 3 heterocycles. The molecule has 30 heavy (non-hydrogen) atoms. The number of benzene rings is 1. The molecule has 0 spiro atoms. The molecule has 0 bridgehead atoms. The van der Waals surface area contributed by atoms with Gasteiger partial charge in [-0.3, -0.25) is 4.79 Å². The monoisotopic (exact) mass is 421 g/mol. The molecular weight excluding hydrogens is 403 g/mol. The van der Waals surface area contributed by atoms with Crippen molar-refractivity contribution in [3.63, 3.8) is 0 Å². The van der Waals surface area contributed by atoms with E-state index in [0.29, 0.717) is 32.0 Å². The van der Waals surface area contributed by atoms with Crippen molar-refractivity contribution in [2.24, 2.45) is 0 Å². The third-order valence-corrected chi connectivity index (χ3v) is 4.57.